The van der Waals surface area contributed by atoms with Crippen LogP contribution in [-0.2, 0) is 0 Å². The van der Waals surface area contributed by atoms with Gasteiger partial charge in [0.2, 0.25) is 0 Å². The van der Waals surface area contributed by atoms with Gasteiger partial charge in [-0.25, -0.2) is 0 Å². The first-order chi connectivity index (χ1) is 11.5. The van der Waals surface area contributed by atoms with E-state index in [0.717, 1.165) is 23.7 Å². The summed E-state index contributed by atoms with van der Waals surface area (Å²) in [5, 5.41) is 6.93. The van der Waals surface area contributed by atoms with Crippen LogP contribution < -0.4 is 20.3 Å². The lowest BCUT2D eigenvalue weighted by atomic mass is 10.2. The Morgan fingerprint density at radius 3 is 1.92 bits per heavy atom. The predicted molar refractivity (Wildman–Crippen MR) is 107 cm³/mol. The van der Waals surface area contributed by atoms with Crippen molar-refractivity contribution in [3.8, 4) is 5.75 Å². The first-order valence-electron chi connectivity index (χ1n) is 8.12. The summed E-state index contributed by atoms with van der Waals surface area (Å²) >= 11 is 5.36. The fraction of sp³-hybridized carbons (Fsp3) is 0.316. The number of benzene rings is 2. The first kappa shape index (κ1) is 18.1. The van der Waals surface area contributed by atoms with Gasteiger partial charge in [0.25, 0.3) is 0 Å². The lowest BCUT2D eigenvalue weighted by Gasteiger charge is -2.27. The highest BCUT2D eigenvalue weighted by Gasteiger charge is 2.08. The minimum Gasteiger partial charge on any atom is -0.497 e. The van der Waals surface area contributed by atoms with Crippen molar-refractivity contribution in [3.63, 3.8) is 0 Å². The summed E-state index contributed by atoms with van der Waals surface area (Å²) in [4.78, 5) is 2.34. The topological polar surface area (TPSA) is 36.5 Å². The molecule has 0 saturated heterocycles. The van der Waals surface area contributed by atoms with Crippen molar-refractivity contribution in [2.24, 2.45) is 0 Å². The molecule has 5 heteroatoms. The lowest BCUT2D eigenvalue weighted by molar-refractivity contribution is 0.415. The number of thiocarbonyl (C=S) groups is 1. The minimum absolute atomic E-state index is 0.478. The number of methoxy groups -OCH3 is 1. The Hall–Kier alpha value is -2.27. The summed E-state index contributed by atoms with van der Waals surface area (Å²) in [6.07, 6.45) is 0. The van der Waals surface area contributed by atoms with Crippen LogP contribution in [0.15, 0.2) is 48.5 Å². The van der Waals surface area contributed by atoms with Crippen LogP contribution >= 0.6 is 12.2 Å². The molecule has 0 fully saturated rings. The van der Waals surface area contributed by atoms with Crippen LogP contribution in [-0.4, -0.2) is 24.8 Å². The van der Waals surface area contributed by atoms with Gasteiger partial charge in [0.1, 0.15) is 5.75 Å². The van der Waals surface area contributed by atoms with Gasteiger partial charge in [-0.3, -0.25) is 0 Å². The van der Waals surface area contributed by atoms with E-state index in [4.69, 9.17) is 17.0 Å². The molecule has 0 aliphatic heterocycles. The number of nitrogens with zero attached hydrogens (tertiary/aromatic N) is 1. The molecule has 2 N–H and O–H groups in total. The second kappa shape index (κ2) is 8.55. The van der Waals surface area contributed by atoms with Gasteiger partial charge in [-0.1, -0.05) is 0 Å². The molecular weight excluding hydrogens is 318 g/mol. The van der Waals surface area contributed by atoms with Gasteiger partial charge in [-0.2, -0.15) is 0 Å². The fourth-order valence-electron chi connectivity index (χ4n) is 2.55. The zero-order valence-corrected chi connectivity index (χ0v) is 15.5. The highest BCUT2D eigenvalue weighted by molar-refractivity contribution is 7.80. The molecule has 0 radical (unpaired) electrons. The smallest absolute Gasteiger partial charge is 0.175 e. The maximum absolute atomic E-state index is 5.36. The zero-order valence-electron chi connectivity index (χ0n) is 14.7. The molecule has 0 spiro atoms. The Morgan fingerprint density at radius 2 is 1.50 bits per heavy atom. The highest BCUT2D eigenvalue weighted by atomic mass is 32.1. The first-order valence-corrected chi connectivity index (χ1v) is 8.53. The second-order valence-electron chi connectivity index (χ2n) is 5.73. The summed E-state index contributed by atoms with van der Waals surface area (Å²) in [5.41, 5.74) is 3.10. The summed E-state index contributed by atoms with van der Waals surface area (Å²) in [6.45, 7) is 7.55. The van der Waals surface area contributed by atoms with Gasteiger partial charge < -0.3 is 20.3 Å². The molecule has 0 aliphatic rings. The standard InChI is InChI=1S/C19H25N3OS/c1-5-22(14(2)3)17-10-6-15(7-11-17)20-19(24)21-16-8-12-18(23-4)13-9-16/h6-14H,5H2,1-4H3,(H2,20,21,24). The van der Waals surface area contributed by atoms with Crippen molar-refractivity contribution in [1.82, 2.24) is 0 Å². The Labute approximate surface area is 149 Å². The molecule has 0 saturated carbocycles. The largest absolute Gasteiger partial charge is 0.497 e. The van der Waals surface area contributed by atoms with E-state index in [1.165, 1.54) is 5.69 Å². The number of rotatable bonds is 6. The van der Waals surface area contributed by atoms with Crippen molar-refractivity contribution in [3.05, 3.63) is 48.5 Å². The van der Waals surface area contributed by atoms with E-state index < -0.39 is 0 Å². The molecule has 0 amide bonds. The van der Waals surface area contributed by atoms with Crippen LogP contribution in [0.1, 0.15) is 20.8 Å². The fourth-order valence-corrected chi connectivity index (χ4v) is 2.79. The third-order valence-electron chi connectivity index (χ3n) is 3.77. The molecule has 0 atom stereocenters. The van der Waals surface area contributed by atoms with Crippen molar-refractivity contribution in [2.45, 2.75) is 26.8 Å². The van der Waals surface area contributed by atoms with Crippen LogP contribution in [0, 0.1) is 0 Å². The van der Waals surface area contributed by atoms with Crippen LogP contribution in [0.2, 0.25) is 0 Å². The average Bonchev–Trinajstić information content (AvgIpc) is 2.57. The molecule has 128 valence electrons. The van der Waals surface area contributed by atoms with E-state index in [1.54, 1.807) is 7.11 Å². The number of ether oxygens (including phenoxy) is 1. The molecule has 0 aromatic heterocycles. The SMILES string of the molecule is CCN(c1ccc(NC(=S)Nc2ccc(OC)cc2)cc1)C(C)C. The summed E-state index contributed by atoms with van der Waals surface area (Å²) in [7, 11) is 1.65. The van der Waals surface area contributed by atoms with Crippen LogP contribution in [0.5, 0.6) is 5.75 Å². The minimum atomic E-state index is 0.478. The predicted octanol–water partition coefficient (Wildman–Crippen LogP) is 4.74. The quantitative estimate of drug-likeness (QED) is 0.741. The van der Waals surface area contributed by atoms with E-state index in [9.17, 15) is 0 Å². The van der Waals surface area contributed by atoms with Gasteiger partial charge in [0.15, 0.2) is 5.11 Å². The van der Waals surface area contributed by atoms with Crippen LogP contribution in [0.25, 0.3) is 0 Å². The van der Waals surface area contributed by atoms with Gasteiger partial charge in [0.05, 0.1) is 7.11 Å². The second-order valence-corrected chi connectivity index (χ2v) is 6.14. The molecule has 24 heavy (non-hydrogen) atoms. The van der Waals surface area contributed by atoms with Crippen LogP contribution in [0.4, 0.5) is 17.1 Å². The van der Waals surface area contributed by atoms with Crippen molar-refractivity contribution in [2.75, 3.05) is 29.2 Å². The summed E-state index contributed by atoms with van der Waals surface area (Å²) in [6, 6.07) is 16.4. The molecule has 4 nitrogen and oxygen atoms in total. The average molecular weight is 343 g/mol. The Balaban J connectivity index is 1.96. The maximum Gasteiger partial charge on any atom is 0.175 e. The molecule has 0 heterocycles. The molecule has 0 aliphatic carbocycles. The number of hydrogen-bond donors (Lipinski definition) is 2. The molecular formula is C19H25N3OS. The van der Waals surface area contributed by atoms with Gasteiger partial charge >= 0.3 is 0 Å². The van der Waals surface area contributed by atoms with E-state index in [1.807, 2.05) is 36.4 Å². The van der Waals surface area contributed by atoms with E-state index in [2.05, 4.69) is 48.4 Å². The van der Waals surface area contributed by atoms with Crippen molar-refractivity contribution < 1.29 is 4.74 Å². The van der Waals surface area contributed by atoms with Crippen LogP contribution in [0.3, 0.4) is 0 Å². The monoisotopic (exact) mass is 343 g/mol. The number of anilines is 3. The Kier molecular flexibility index (Phi) is 6.44. The third kappa shape index (κ3) is 4.86. The molecule has 2 aromatic carbocycles. The molecule has 0 bridgehead atoms. The van der Waals surface area contributed by atoms with Crippen molar-refractivity contribution in [1.29, 1.82) is 0 Å². The van der Waals surface area contributed by atoms with E-state index in [-0.39, 0.29) is 0 Å². The summed E-state index contributed by atoms with van der Waals surface area (Å²) in [5.74, 6) is 0.820. The highest BCUT2D eigenvalue weighted by Crippen LogP contribution is 2.20. The maximum atomic E-state index is 5.36. The molecule has 2 rings (SSSR count). The van der Waals surface area contributed by atoms with Gasteiger partial charge in [-0.15, -0.1) is 0 Å². The Morgan fingerprint density at radius 1 is 1.00 bits per heavy atom. The van der Waals surface area contributed by atoms with Gasteiger partial charge in [0, 0.05) is 29.6 Å². The Bertz CT molecular complexity index is 653. The zero-order chi connectivity index (χ0) is 17.5. The lowest BCUT2D eigenvalue weighted by Crippen LogP contribution is -2.30. The van der Waals surface area contributed by atoms with Crippen molar-refractivity contribution >= 4 is 34.4 Å². The number of hydrogen-bond acceptors (Lipinski definition) is 3. The normalized spacial score (nSPS) is 10.4. The molecule has 2 aromatic rings. The van der Waals surface area contributed by atoms with Gasteiger partial charge in [-0.05, 0) is 81.5 Å². The summed E-state index contributed by atoms with van der Waals surface area (Å²) < 4.78 is 5.15. The molecule has 0 unspecified atom stereocenters. The third-order valence-corrected chi connectivity index (χ3v) is 3.97. The number of nitrogens with one attached hydrogen (secondary N) is 2. The van der Waals surface area contributed by atoms with E-state index in [0.29, 0.717) is 11.2 Å². The van der Waals surface area contributed by atoms with E-state index >= 15 is 0 Å².